The molecule has 0 amide bonds. The zero-order chi connectivity index (χ0) is 34.3. The molecule has 2 aromatic carbocycles. The Labute approximate surface area is 239 Å². The maximum atomic E-state index is 14.5. The van der Waals surface area contributed by atoms with Crippen LogP contribution in [-0.2, 0) is 4.75 Å². The molecule has 0 aromatic heterocycles. The van der Waals surface area contributed by atoms with E-state index < -0.39 is 64.6 Å². The summed E-state index contributed by atoms with van der Waals surface area (Å²) in [5.41, 5.74) is -0.0367. The summed E-state index contributed by atoms with van der Waals surface area (Å²) in [5.74, 6) is -58.4. The SMILES string of the molecule is [O-][N+]#CC(SCCC(F)(F)C(F)(F)C(F)(F)C(F)(F)C(F)(F)C(F)(F)C(F)(F)C(F)(F)F)(c1ccccc1)c1ccccc1. The summed E-state index contributed by atoms with van der Waals surface area (Å²) < 4.78 is 228. The van der Waals surface area contributed by atoms with Gasteiger partial charge in [0.1, 0.15) is 0 Å². The van der Waals surface area contributed by atoms with Gasteiger partial charge in [0, 0.05) is 17.2 Å². The summed E-state index contributed by atoms with van der Waals surface area (Å²) in [5, 5.41) is 13.6. The molecule has 0 atom stereocenters. The molecule has 0 unspecified atom stereocenters. The van der Waals surface area contributed by atoms with Crippen molar-refractivity contribution in [1.82, 2.24) is 0 Å². The molecule has 0 aliphatic carbocycles. The first-order valence-corrected chi connectivity index (χ1v) is 12.3. The molecule has 0 aliphatic rings. The fourth-order valence-electron chi connectivity index (χ4n) is 3.59. The van der Waals surface area contributed by atoms with Crippen molar-refractivity contribution in [3.05, 3.63) is 82.0 Å². The number of rotatable bonds is 12. The van der Waals surface area contributed by atoms with Crippen molar-refractivity contribution in [1.29, 1.82) is 0 Å². The Morgan fingerprint density at radius 2 is 0.864 bits per heavy atom. The van der Waals surface area contributed by atoms with E-state index in [2.05, 4.69) is 5.01 Å². The lowest BCUT2D eigenvalue weighted by molar-refractivity contribution is -0.461. The monoisotopic (exact) mass is 687 g/mol. The van der Waals surface area contributed by atoms with Crippen LogP contribution >= 0.6 is 11.8 Å². The molecule has 0 bridgehead atoms. The first-order chi connectivity index (χ1) is 19.7. The number of benzene rings is 2. The molecule has 0 heterocycles. The van der Waals surface area contributed by atoms with Crippen LogP contribution in [-0.4, -0.2) is 53.4 Å². The number of thioether (sulfide) groups is 1. The van der Waals surface area contributed by atoms with E-state index in [1.165, 1.54) is 60.7 Å². The second-order valence-corrected chi connectivity index (χ2v) is 10.2. The molecule has 246 valence electrons. The Kier molecular flexibility index (Phi) is 9.84. The van der Waals surface area contributed by atoms with Gasteiger partial charge in [-0.1, -0.05) is 60.7 Å². The van der Waals surface area contributed by atoms with E-state index in [4.69, 9.17) is 0 Å². The molecule has 2 nitrogen and oxygen atoms in total. The Balaban J connectivity index is 2.52. The molecule has 2 rings (SSSR count). The van der Waals surface area contributed by atoms with Gasteiger partial charge in [-0.15, -0.1) is 11.8 Å². The third-order valence-corrected chi connectivity index (χ3v) is 7.49. The third kappa shape index (κ3) is 5.60. The highest BCUT2D eigenvalue weighted by Gasteiger charge is 2.95. The van der Waals surface area contributed by atoms with Crippen molar-refractivity contribution in [3.8, 4) is 6.07 Å². The van der Waals surface area contributed by atoms with Crippen LogP contribution in [0.2, 0.25) is 0 Å². The van der Waals surface area contributed by atoms with Crippen LogP contribution in [0.3, 0.4) is 0 Å². The van der Waals surface area contributed by atoms with Gasteiger partial charge in [0.2, 0.25) is 4.75 Å². The van der Waals surface area contributed by atoms with Crippen molar-refractivity contribution in [2.75, 3.05) is 5.75 Å². The smallest absolute Gasteiger partial charge is 0.460 e. The number of alkyl halides is 17. The molecule has 0 saturated carbocycles. The van der Waals surface area contributed by atoms with Crippen molar-refractivity contribution in [2.24, 2.45) is 0 Å². The summed E-state index contributed by atoms with van der Waals surface area (Å²) in [6, 6.07) is 15.0. The number of nitrogens with zero attached hydrogens (tertiary/aromatic N) is 1. The average molecular weight is 687 g/mol. The Morgan fingerprint density at radius 3 is 1.20 bits per heavy atom. The minimum Gasteiger partial charge on any atom is -0.498 e. The molecular formula is C24H14F17NOS. The second kappa shape index (κ2) is 11.7. The van der Waals surface area contributed by atoms with Crippen LogP contribution < -0.4 is 0 Å². The van der Waals surface area contributed by atoms with Gasteiger partial charge in [-0.2, -0.15) is 74.6 Å². The summed E-state index contributed by atoms with van der Waals surface area (Å²) in [7, 11) is 0. The predicted molar refractivity (Wildman–Crippen MR) is 122 cm³/mol. The van der Waals surface area contributed by atoms with Gasteiger partial charge in [0.05, 0.1) is 0 Å². The Hall–Kier alpha value is -3.11. The Morgan fingerprint density at radius 1 is 0.523 bits per heavy atom. The number of hydrogen-bond acceptors (Lipinski definition) is 2. The van der Waals surface area contributed by atoms with Crippen LogP contribution in [0.4, 0.5) is 74.6 Å². The predicted octanol–water partition coefficient (Wildman–Crippen LogP) is 9.89. The Bertz CT molecular complexity index is 1300. The molecule has 0 saturated heterocycles. The normalized spacial score (nSPS) is 14.7. The summed E-state index contributed by atoms with van der Waals surface area (Å²) in [6.45, 7) is 0. The van der Waals surface area contributed by atoms with E-state index in [1.54, 1.807) is 0 Å². The molecule has 0 spiro atoms. The van der Waals surface area contributed by atoms with Crippen molar-refractivity contribution in [3.63, 3.8) is 0 Å². The van der Waals surface area contributed by atoms with Crippen LogP contribution in [0.15, 0.2) is 60.7 Å². The van der Waals surface area contributed by atoms with Gasteiger partial charge in [-0.25, -0.2) is 0 Å². The summed E-state index contributed by atoms with van der Waals surface area (Å²) in [6.07, 6.45) is -10.5. The molecule has 0 aliphatic heterocycles. The van der Waals surface area contributed by atoms with E-state index >= 15 is 0 Å². The van der Waals surface area contributed by atoms with Crippen LogP contribution in [0.1, 0.15) is 17.5 Å². The van der Waals surface area contributed by atoms with Gasteiger partial charge < -0.3 is 5.21 Å². The number of halogens is 17. The van der Waals surface area contributed by atoms with Crippen molar-refractivity contribution in [2.45, 2.75) is 58.8 Å². The quantitative estimate of drug-likeness (QED) is 0.164. The van der Waals surface area contributed by atoms with E-state index in [0.717, 1.165) is 0 Å². The van der Waals surface area contributed by atoms with Gasteiger partial charge in [-0.05, 0) is 11.1 Å². The second-order valence-electron chi connectivity index (χ2n) is 8.86. The lowest BCUT2D eigenvalue weighted by Gasteiger charge is -2.42. The average Bonchev–Trinajstić information content (AvgIpc) is 2.92. The first kappa shape index (κ1) is 37.1. The highest BCUT2D eigenvalue weighted by Crippen LogP contribution is 2.64. The molecule has 0 fully saturated rings. The number of hydrogen-bond donors (Lipinski definition) is 0. The topological polar surface area (TPSA) is 27.4 Å². The van der Waals surface area contributed by atoms with E-state index in [-0.39, 0.29) is 22.9 Å². The van der Waals surface area contributed by atoms with E-state index in [0.29, 0.717) is 0 Å². The first-order valence-electron chi connectivity index (χ1n) is 11.3. The minimum absolute atomic E-state index is 0.0183. The lowest BCUT2D eigenvalue weighted by Crippen LogP contribution is -2.74. The highest BCUT2D eigenvalue weighted by molar-refractivity contribution is 8.00. The maximum Gasteiger partial charge on any atom is 0.460 e. The van der Waals surface area contributed by atoms with Crippen LogP contribution in [0.5, 0.6) is 0 Å². The molecule has 2 aromatic rings. The van der Waals surface area contributed by atoms with Crippen molar-refractivity contribution < 1.29 is 74.6 Å². The zero-order valence-corrected chi connectivity index (χ0v) is 21.7. The van der Waals surface area contributed by atoms with Crippen LogP contribution in [0, 0.1) is 11.3 Å². The molecular weight excluding hydrogens is 673 g/mol. The van der Waals surface area contributed by atoms with E-state index in [9.17, 15) is 79.8 Å². The van der Waals surface area contributed by atoms with E-state index in [1.807, 2.05) is 6.07 Å². The summed E-state index contributed by atoms with van der Waals surface area (Å²) in [4.78, 5) is 0. The molecule has 44 heavy (non-hydrogen) atoms. The van der Waals surface area contributed by atoms with Crippen LogP contribution in [0.25, 0.3) is 5.01 Å². The summed E-state index contributed by atoms with van der Waals surface area (Å²) >= 11 is 0.0339. The molecule has 0 radical (unpaired) electrons. The zero-order valence-electron chi connectivity index (χ0n) is 20.9. The third-order valence-electron chi connectivity index (χ3n) is 6.09. The van der Waals surface area contributed by atoms with Gasteiger partial charge in [0.15, 0.2) is 0 Å². The van der Waals surface area contributed by atoms with Gasteiger partial charge in [0.25, 0.3) is 0 Å². The van der Waals surface area contributed by atoms with Crippen molar-refractivity contribution >= 4 is 11.8 Å². The fraction of sp³-hybridized carbons (Fsp3) is 0.458. The highest BCUT2D eigenvalue weighted by atomic mass is 32.2. The largest absolute Gasteiger partial charge is 0.498 e. The maximum absolute atomic E-state index is 14.5. The standard InChI is InChI=1S/C24H14F17NOS/c25-17(26,11-12-44-16(13-42-43,14-7-3-1-4-8-14)15-9-5-2-6-10-15)18(27,28)19(29,30)20(31,32)21(33,34)22(35,36)23(37,38)24(39,40)41/h1-10H,11-12H2. The molecule has 20 heteroatoms. The van der Waals surface area contributed by atoms with Gasteiger partial charge in [-0.3, -0.25) is 0 Å². The minimum atomic E-state index is -8.69. The molecule has 0 N–H and O–H groups in total. The fourth-order valence-corrected chi connectivity index (χ4v) is 4.96. The lowest BCUT2D eigenvalue weighted by atomic mass is 9.88. The van der Waals surface area contributed by atoms with Gasteiger partial charge >= 0.3 is 53.7 Å².